The standard InChI is InChI=1S/C14H22N2O2/c1-2-3-11(17)8-13-15-14(16-18-13)12-7-9-4-5-10(12)6-9/h9-12,17H,2-8H2,1H3. The zero-order valence-electron chi connectivity index (χ0n) is 11.0. The van der Waals surface area contributed by atoms with E-state index in [1.165, 1.54) is 25.7 Å². The van der Waals surface area contributed by atoms with Gasteiger partial charge in [0.25, 0.3) is 0 Å². The van der Waals surface area contributed by atoms with Gasteiger partial charge in [-0.05, 0) is 37.5 Å². The summed E-state index contributed by atoms with van der Waals surface area (Å²) in [5.41, 5.74) is 0. The highest BCUT2D eigenvalue weighted by atomic mass is 16.5. The van der Waals surface area contributed by atoms with E-state index < -0.39 is 0 Å². The first kappa shape index (κ1) is 12.2. The molecule has 1 aromatic rings. The van der Waals surface area contributed by atoms with Gasteiger partial charge in [0.2, 0.25) is 5.89 Å². The Labute approximate surface area is 108 Å². The van der Waals surface area contributed by atoms with Gasteiger partial charge >= 0.3 is 0 Å². The second-order valence-corrected chi connectivity index (χ2v) is 5.97. The average molecular weight is 250 g/mol. The van der Waals surface area contributed by atoms with Crippen molar-refractivity contribution in [3.8, 4) is 0 Å². The molecule has 1 heterocycles. The number of aromatic nitrogens is 2. The van der Waals surface area contributed by atoms with Crippen molar-refractivity contribution >= 4 is 0 Å². The van der Waals surface area contributed by atoms with Crippen molar-refractivity contribution < 1.29 is 9.63 Å². The maximum Gasteiger partial charge on any atom is 0.229 e. The molecule has 0 saturated heterocycles. The highest BCUT2D eigenvalue weighted by molar-refractivity contribution is 5.06. The van der Waals surface area contributed by atoms with Crippen molar-refractivity contribution in [2.75, 3.05) is 0 Å². The van der Waals surface area contributed by atoms with E-state index in [0.717, 1.165) is 30.5 Å². The molecule has 0 spiro atoms. The van der Waals surface area contributed by atoms with Crippen molar-refractivity contribution in [2.45, 2.75) is 63.9 Å². The minimum atomic E-state index is -0.344. The number of fused-ring (bicyclic) bond motifs is 2. The van der Waals surface area contributed by atoms with Gasteiger partial charge in [-0.15, -0.1) is 0 Å². The molecule has 2 aliphatic rings. The lowest BCUT2D eigenvalue weighted by Gasteiger charge is -2.17. The third-order valence-electron chi connectivity index (χ3n) is 4.59. The lowest BCUT2D eigenvalue weighted by Crippen LogP contribution is -2.12. The number of hydrogen-bond acceptors (Lipinski definition) is 4. The normalized spacial score (nSPS) is 32.0. The van der Waals surface area contributed by atoms with Crippen molar-refractivity contribution in [1.82, 2.24) is 10.1 Å². The van der Waals surface area contributed by atoms with Crippen LogP contribution in [0.15, 0.2) is 4.52 Å². The SMILES string of the molecule is CCCC(O)Cc1nc(C2CC3CCC2C3)no1. The quantitative estimate of drug-likeness (QED) is 0.872. The molecule has 0 aromatic carbocycles. The molecule has 0 aliphatic heterocycles. The maximum absolute atomic E-state index is 9.75. The highest BCUT2D eigenvalue weighted by Gasteiger charge is 2.42. The molecule has 1 aromatic heterocycles. The van der Waals surface area contributed by atoms with E-state index >= 15 is 0 Å². The third-order valence-corrected chi connectivity index (χ3v) is 4.59. The Morgan fingerprint density at radius 3 is 2.94 bits per heavy atom. The number of aliphatic hydroxyl groups is 1. The predicted molar refractivity (Wildman–Crippen MR) is 67.1 cm³/mol. The summed E-state index contributed by atoms with van der Waals surface area (Å²) >= 11 is 0. The predicted octanol–water partition coefficient (Wildman–Crippen LogP) is 2.68. The summed E-state index contributed by atoms with van der Waals surface area (Å²) in [5, 5.41) is 13.9. The lowest BCUT2D eigenvalue weighted by molar-refractivity contribution is 0.151. The van der Waals surface area contributed by atoms with Gasteiger partial charge < -0.3 is 9.63 Å². The first-order valence-corrected chi connectivity index (χ1v) is 7.26. The van der Waals surface area contributed by atoms with Crippen molar-refractivity contribution in [3.05, 3.63) is 11.7 Å². The molecular formula is C14H22N2O2. The summed E-state index contributed by atoms with van der Waals surface area (Å²) in [6.07, 6.45) is 7.25. The molecule has 100 valence electrons. The minimum absolute atomic E-state index is 0.344. The molecule has 2 aliphatic carbocycles. The van der Waals surface area contributed by atoms with Crippen LogP contribution in [0.25, 0.3) is 0 Å². The minimum Gasteiger partial charge on any atom is -0.393 e. The maximum atomic E-state index is 9.75. The molecule has 0 amide bonds. The Morgan fingerprint density at radius 1 is 1.39 bits per heavy atom. The summed E-state index contributed by atoms with van der Waals surface area (Å²) in [4.78, 5) is 4.50. The van der Waals surface area contributed by atoms with E-state index in [0.29, 0.717) is 18.2 Å². The molecule has 0 radical (unpaired) electrons. The zero-order chi connectivity index (χ0) is 12.5. The lowest BCUT2D eigenvalue weighted by atomic mass is 9.88. The Hall–Kier alpha value is -0.900. The van der Waals surface area contributed by atoms with Crippen LogP contribution in [0, 0.1) is 11.8 Å². The number of hydrogen-bond donors (Lipinski definition) is 1. The smallest absolute Gasteiger partial charge is 0.229 e. The Kier molecular flexibility index (Phi) is 3.37. The van der Waals surface area contributed by atoms with E-state index in [-0.39, 0.29) is 6.10 Å². The van der Waals surface area contributed by atoms with E-state index in [1.54, 1.807) is 0 Å². The average Bonchev–Trinajstić information content (AvgIpc) is 3.03. The van der Waals surface area contributed by atoms with E-state index in [9.17, 15) is 5.11 Å². The molecule has 2 bridgehead atoms. The molecule has 3 rings (SSSR count). The summed E-state index contributed by atoms with van der Waals surface area (Å²) in [5.74, 6) is 3.69. The molecule has 4 atom stereocenters. The second-order valence-electron chi connectivity index (χ2n) is 5.97. The molecular weight excluding hydrogens is 228 g/mol. The van der Waals surface area contributed by atoms with E-state index in [1.807, 2.05) is 0 Å². The Bertz CT molecular complexity index is 404. The van der Waals surface area contributed by atoms with Crippen LogP contribution >= 0.6 is 0 Å². The van der Waals surface area contributed by atoms with Crippen LogP contribution < -0.4 is 0 Å². The monoisotopic (exact) mass is 250 g/mol. The Morgan fingerprint density at radius 2 is 2.28 bits per heavy atom. The largest absolute Gasteiger partial charge is 0.393 e. The summed E-state index contributed by atoms with van der Waals surface area (Å²) in [6, 6.07) is 0. The highest BCUT2D eigenvalue weighted by Crippen LogP contribution is 2.52. The molecule has 2 fully saturated rings. The van der Waals surface area contributed by atoms with Gasteiger partial charge in [0.1, 0.15) is 0 Å². The Balaban J connectivity index is 1.63. The topological polar surface area (TPSA) is 59.2 Å². The summed E-state index contributed by atoms with van der Waals surface area (Å²) in [6.45, 7) is 2.07. The van der Waals surface area contributed by atoms with Gasteiger partial charge in [-0.25, -0.2) is 0 Å². The summed E-state index contributed by atoms with van der Waals surface area (Å²) < 4.78 is 5.28. The van der Waals surface area contributed by atoms with Crippen molar-refractivity contribution in [2.24, 2.45) is 11.8 Å². The molecule has 4 unspecified atom stereocenters. The number of rotatable bonds is 5. The van der Waals surface area contributed by atoms with E-state index in [4.69, 9.17) is 4.52 Å². The van der Waals surface area contributed by atoms with Crippen LogP contribution in [0.5, 0.6) is 0 Å². The zero-order valence-corrected chi connectivity index (χ0v) is 11.0. The summed E-state index contributed by atoms with van der Waals surface area (Å²) in [7, 11) is 0. The molecule has 4 nitrogen and oxygen atoms in total. The first-order valence-electron chi connectivity index (χ1n) is 7.26. The van der Waals surface area contributed by atoms with Crippen LogP contribution in [0.3, 0.4) is 0 Å². The second kappa shape index (κ2) is 5.00. The van der Waals surface area contributed by atoms with Gasteiger partial charge in [-0.2, -0.15) is 4.98 Å². The van der Waals surface area contributed by atoms with Gasteiger partial charge in [-0.1, -0.05) is 24.9 Å². The fraction of sp³-hybridized carbons (Fsp3) is 0.857. The van der Waals surface area contributed by atoms with Gasteiger partial charge in [0, 0.05) is 5.92 Å². The third kappa shape index (κ3) is 2.30. The van der Waals surface area contributed by atoms with Crippen molar-refractivity contribution in [1.29, 1.82) is 0 Å². The van der Waals surface area contributed by atoms with Crippen molar-refractivity contribution in [3.63, 3.8) is 0 Å². The van der Waals surface area contributed by atoms with Gasteiger partial charge in [0.15, 0.2) is 5.82 Å². The van der Waals surface area contributed by atoms with Crippen LogP contribution in [0.1, 0.15) is 63.1 Å². The fourth-order valence-corrected chi connectivity index (χ4v) is 3.70. The molecule has 1 N–H and O–H groups in total. The molecule has 18 heavy (non-hydrogen) atoms. The van der Waals surface area contributed by atoms with Crippen LogP contribution in [-0.4, -0.2) is 21.4 Å². The first-order chi connectivity index (χ1) is 8.76. The fourth-order valence-electron chi connectivity index (χ4n) is 3.70. The van der Waals surface area contributed by atoms with E-state index in [2.05, 4.69) is 17.1 Å². The molecule has 2 saturated carbocycles. The number of aliphatic hydroxyl groups excluding tert-OH is 1. The van der Waals surface area contributed by atoms with Gasteiger partial charge in [0.05, 0.1) is 12.5 Å². The van der Waals surface area contributed by atoms with Crippen LogP contribution in [0.4, 0.5) is 0 Å². The number of nitrogens with zero attached hydrogens (tertiary/aromatic N) is 2. The van der Waals surface area contributed by atoms with Crippen LogP contribution in [-0.2, 0) is 6.42 Å². The van der Waals surface area contributed by atoms with Crippen LogP contribution in [0.2, 0.25) is 0 Å². The molecule has 4 heteroatoms. The van der Waals surface area contributed by atoms with Gasteiger partial charge in [-0.3, -0.25) is 0 Å².